The fraction of sp³-hybridized carbons (Fsp3) is 0.929. The Morgan fingerprint density at radius 3 is 2.22 bits per heavy atom. The molecule has 0 unspecified atom stereocenters. The smallest absolute Gasteiger partial charge is 0.384 e. The molecular weight excluding hydrogens is 242 g/mol. The van der Waals surface area contributed by atoms with Crippen LogP contribution in [-0.4, -0.2) is 34.8 Å². The van der Waals surface area contributed by atoms with Crippen molar-refractivity contribution in [1.29, 1.82) is 0 Å². The van der Waals surface area contributed by atoms with Crippen LogP contribution in [0.4, 0.5) is 0 Å². The summed E-state index contributed by atoms with van der Waals surface area (Å²) < 4.78 is 11.2. The summed E-state index contributed by atoms with van der Waals surface area (Å²) in [4.78, 5) is 4.60. The molecule has 0 aromatic heterocycles. The molecule has 0 amide bonds. The van der Waals surface area contributed by atoms with E-state index in [0.717, 1.165) is 45.1 Å². The Hall–Kier alpha value is -0.193. The monoisotopic (exact) mass is 272 g/mol. The molecule has 0 saturated heterocycles. The summed E-state index contributed by atoms with van der Waals surface area (Å²) in [5, 5.41) is 0. The molecule has 4 heteroatoms. The van der Waals surface area contributed by atoms with Gasteiger partial charge < -0.3 is 8.85 Å². The lowest BCUT2D eigenvalue weighted by molar-refractivity contribution is 0.212. The first-order chi connectivity index (χ1) is 8.60. The van der Waals surface area contributed by atoms with Gasteiger partial charge in [-0.3, -0.25) is 4.99 Å². The molecule has 0 aromatic rings. The largest absolute Gasteiger partial charge is 0.394 e. The number of hydrogen-bond donors (Lipinski definition) is 0. The van der Waals surface area contributed by atoms with E-state index in [2.05, 4.69) is 25.8 Å². The molecule has 0 spiro atoms. The van der Waals surface area contributed by atoms with Crippen molar-refractivity contribution >= 4 is 15.0 Å². The third-order valence-electron chi connectivity index (χ3n) is 2.49. The minimum atomic E-state index is -1.01. The lowest BCUT2D eigenvalue weighted by atomic mass is 10.1. The first kappa shape index (κ1) is 17.8. The van der Waals surface area contributed by atoms with Crippen molar-refractivity contribution in [3.63, 3.8) is 0 Å². The summed E-state index contributed by atoms with van der Waals surface area (Å²) in [7, 11) is -1.01. The Morgan fingerprint density at radius 1 is 1.11 bits per heavy atom. The van der Waals surface area contributed by atoms with Crippen LogP contribution in [-0.2, 0) is 8.85 Å². The van der Waals surface area contributed by atoms with Gasteiger partial charge in [0.25, 0.3) is 0 Å². The van der Waals surface area contributed by atoms with E-state index in [9.17, 15) is 0 Å². The second kappa shape index (κ2) is 11.9. The van der Waals surface area contributed by atoms with Crippen molar-refractivity contribution in [2.24, 2.45) is 10.9 Å². The van der Waals surface area contributed by atoms with E-state index in [1.54, 1.807) is 0 Å². The van der Waals surface area contributed by atoms with Crippen LogP contribution in [0.3, 0.4) is 0 Å². The first-order valence-corrected chi connectivity index (χ1v) is 8.73. The van der Waals surface area contributed by atoms with E-state index in [0.29, 0.717) is 5.92 Å². The van der Waals surface area contributed by atoms with E-state index < -0.39 is 9.28 Å². The highest BCUT2D eigenvalue weighted by atomic mass is 28.3. The first-order valence-electron chi connectivity index (χ1n) is 7.21. The summed E-state index contributed by atoms with van der Waals surface area (Å²) in [5.74, 6) is 0.708. The zero-order valence-electron chi connectivity index (χ0n) is 12.8. The van der Waals surface area contributed by atoms with Crippen molar-refractivity contribution in [2.45, 2.75) is 59.9 Å². The quantitative estimate of drug-likeness (QED) is 0.325. The van der Waals surface area contributed by atoms with Crippen LogP contribution < -0.4 is 0 Å². The highest BCUT2D eigenvalue weighted by molar-refractivity contribution is 6.44. The van der Waals surface area contributed by atoms with Crippen LogP contribution in [0.15, 0.2) is 4.99 Å². The number of unbranched alkanes of at least 4 members (excludes halogenated alkanes) is 1. The third-order valence-corrected chi connectivity index (χ3v) is 4.47. The Balaban J connectivity index is 3.64. The molecular formula is C14H30NO2Si. The molecule has 0 saturated carbocycles. The predicted molar refractivity (Wildman–Crippen MR) is 80.5 cm³/mol. The van der Waals surface area contributed by atoms with Gasteiger partial charge in [-0.15, -0.1) is 0 Å². The van der Waals surface area contributed by atoms with E-state index in [-0.39, 0.29) is 0 Å². The van der Waals surface area contributed by atoms with Gasteiger partial charge in [-0.05, 0) is 52.0 Å². The van der Waals surface area contributed by atoms with Gasteiger partial charge in [-0.1, -0.05) is 13.8 Å². The van der Waals surface area contributed by atoms with Crippen LogP contribution in [0.2, 0.25) is 6.04 Å². The van der Waals surface area contributed by atoms with E-state index in [1.807, 2.05) is 13.8 Å². The van der Waals surface area contributed by atoms with Gasteiger partial charge >= 0.3 is 9.28 Å². The molecule has 0 bridgehead atoms. The van der Waals surface area contributed by atoms with E-state index in [4.69, 9.17) is 8.85 Å². The maximum absolute atomic E-state index is 5.61. The van der Waals surface area contributed by atoms with Gasteiger partial charge in [0.15, 0.2) is 0 Å². The van der Waals surface area contributed by atoms with Crippen LogP contribution >= 0.6 is 0 Å². The van der Waals surface area contributed by atoms with Crippen LogP contribution in [0.1, 0.15) is 53.9 Å². The molecule has 1 radical (unpaired) electrons. The molecule has 18 heavy (non-hydrogen) atoms. The Morgan fingerprint density at radius 2 is 1.72 bits per heavy atom. The predicted octanol–water partition coefficient (Wildman–Crippen LogP) is 3.83. The van der Waals surface area contributed by atoms with Gasteiger partial charge in [0.1, 0.15) is 0 Å². The van der Waals surface area contributed by atoms with E-state index >= 15 is 0 Å². The molecule has 0 atom stereocenters. The maximum atomic E-state index is 5.61. The third kappa shape index (κ3) is 10.9. The van der Waals surface area contributed by atoms with Crippen LogP contribution in [0.25, 0.3) is 0 Å². The molecule has 0 aliphatic rings. The fourth-order valence-electron chi connectivity index (χ4n) is 1.81. The topological polar surface area (TPSA) is 30.8 Å². The van der Waals surface area contributed by atoms with Gasteiger partial charge in [-0.2, -0.15) is 0 Å². The van der Waals surface area contributed by atoms with Crippen molar-refractivity contribution in [3.05, 3.63) is 0 Å². The standard InChI is InChI=1S/C14H30NO2Si/c1-6-16-18(17-7-2)11-9-8-10-15-14(5)12-13(3)4/h13H,6-12H2,1-5H3. The van der Waals surface area contributed by atoms with Crippen LogP contribution in [0, 0.1) is 5.92 Å². The molecule has 0 rings (SSSR count). The lowest BCUT2D eigenvalue weighted by Crippen LogP contribution is -2.22. The molecule has 107 valence electrons. The highest BCUT2D eigenvalue weighted by Gasteiger charge is 2.13. The number of nitrogens with zero attached hydrogens (tertiary/aromatic N) is 1. The van der Waals surface area contributed by atoms with Crippen molar-refractivity contribution in [2.75, 3.05) is 19.8 Å². The summed E-state index contributed by atoms with van der Waals surface area (Å²) in [5.41, 5.74) is 1.28. The van der Waals surface area contributed by atoms with Crippen molar-refractivity contribution in [1.82, 2.24) is 0 Å². The molecule has 0 aromatic carbocycles. The zero-order valence-corrected chi connectivity index (χ0v) is 13.8. The summed E-state index contributed by atoms with van der Waals surface area (Å²) in [6, 6.07) is 1.07. The normalized spacial score (nSPS) is 12.7. The Kier molecular flexibility index (Phi) is 11.7. The lowest BCUT2D eigenvalue weighted by Gasteiger charge is -2.12. The van der Waals surface area contributed by atoms with E-state index in [1.165, 1.54) is 5.71 Å². The molecule has 3 nitrogen and oxygen atoms in total. The maximum Gasteiger partial charge on any atom is 0.384 e. The van der Waals surface area contributed by atoms with Crippen molar-refractivity contribution in [3.8, 4) is 0 Å². The molecule has 0 N–H and O–H groups in total. The second-order valence-corrected chi connectivity index (χ2v) is 6.73. The van der Waals surface area contributed by atoms with Gasteiger partial charge in [-0.25, -0.2) is 0 Å². The highest BCUT2D eigenvalue weighted by Crippen LogP contribution is 2.06. The molecule has 0 heterocycles. The van der Waals surface area contributed by atoms with Crippen LogP contribution in [0.5, 0.6) is 0 Å². The molecule has 0 aliphatic carbocycles. The average Bonchev–Trinajstić information content (AvgIpc) is 2.28. The zero-order chi connectivity index (χ0) is 13.8. The molecule has 0 aliphatic heterocycles. The van der Waals surface area contributed by atoms with Gasteiger partial charge in [0, 0.05) is 25.5 Å². The second-order valence-electron chi connectivity index (χ2n) is 4.91. The van der Waals surface area contributed by atoms with Crippen molar-refractivity contribution < 1.29 is 8.85 Å². The average molecular weight is 272 g/mol. The summed E-state index contributed by atoms with van der Waals surface area (Å²) in [6.07, 6.45) is 3.42. The SMILES string of the molecule is CCO[Si](CCCCN=C(C)CC(C)C)OCC. The Bertz CT molecular complexity index is 214. The number of aliphatic imine (C=N–C) groups is 1. The summed E-state index contributed by atoms with van der Waals surface area (Å²) >= 11 is 0. The minimum absolute atomic E-state index is 0.708. The summed E-state index contributed by atoms with van der Waals surface area (Å²) in [6.45, 7) is 13.1. The number of rotatable bonds is 11. The van der Waals surface area contributed by atoms with Gasteiger partial charge in [0.2, 0.25) is 0 Å². The van der Waals surface area contributed by atoms with Gasteiger partial charge in [0.05, 0.1) is 0 Å². The fourth-order valence-corrected chi connectivity index (χ4v) is 3.37. The minimum Gasteiger partial charge on any atom is -0.394 e. The Labute approximate surface area is 115 Å². The molecule has 0 fully saturated rings. The number of hydrogen-bond acceptors (Lipinski definition) is 3.